The van der Waals surface area contributed by atoms with Crippen LogP contribution in [0.15, 0.2) is 16.8 Å². The first-order chi connectivity index (χ1) is 9.22. The zero-order valence-corrected chi connectivity index (χ0v) is 12.2. The van der Waals surface area contributed by atoms with E-state index < -0.39 is 13.0 Å². The average molecular weight is 291 g/mol. The van der Waals surface area contributed by atoms with Crippen LogP contribution in [0.2, 0.25) is 0 Å². The van der Waals surface area contributed by atoms with Gasteiger partial charge in [0.25, 0.3) is 6.43 Å². The molecule has 1 aromatic heterocycles. The van der Waals surface area contributed by atoms with Crippen LogP contribution >= 0.6 is 11.3 Å². The predicted molar refractivity (Wildman–Crippen MR) is 76.2 cm³/mol. The quantitative estimate of drug-likeness (QED) is 0.627. The molecular formula is C14H23F2NOS. The first kappa shape index (κ1) is 16.5. The van der Waals surface area contributed by atoms with E-state index in [1.54, 1.807) is 11.3 Å². The summed E-state index contributed by atoms with van der Waals surface area (Å²) in [5.74, 6) is 0. The Bertz CT molecular complexity index is 306. The topological polar surface area (TPSA) is 21.3 Å². The van der Waals surface area contributed by atoms with Crippen molar-refractivity contribution in [2.75, 3.05) is 19.8 Å². The van der Waals surface area contributed by atoms with E-state index in [0.717, 1.165) is 32.2 Å². The van der Waals surface area contributed by atoms with Crippen LogP contribution in [-0.4, -0.2) is 32.2 Å². The second-order valence-corrected chi connectivity index (χ2v) is 5.36. The second-order valence-electron chi connectivity index (χ2n) is 4.58. The summed E-state index contributed by atoms with van der Waals surface area (Å²) in [4.78, 5) is 0. The number of halogens is 2. The number of ether oxygens (including phenoxy) is 1. The molecule has 0 aliphatic carbocycles. The predicted octanol–water partition coefficient (Wildman–Crippen LogP) is 3.72. The lowest BCUT2D eigenvalue weighted by atomic mass is 10.1. The Morgan fingerprint density at radius 3 is 2.84 bits per heavy atom. The zero-order valence-electron chi connectivity index (χ0n) is 11.4. The van der Waals surface area contributed by atoms with Crippen LogP contribution in [0, 0.1) is 0 Å². The van der Waals surface area contributed by atoms with Crippen LogP contribution in [0.5, 0.6) is 0 Å². The summed E-state index contributed by atoms with van der Waals surface area (Å²) >= 11 is 1.71. The molecule has 1 atom stereocenters. The third-order valence-corrected chi connectivity index (χ3v) is 3.63. The van der Waals surface area contributed by atoms with E-state index in [9.17, 15) is 8.78 Å². The minimum absolute atomic E-state index is 0.345. The van der Waals surface area contributed by atoms with Gasteiger partial charge in [0.1, 0.15) is 6.61 Å². The fourth-order valence-electron chi connectivity index (χ4n) is 1.87. The smallest absolute Gasteiger partial charge is 0.261 e. The molecule has 1 unspecified atom stereocenters. The van der Waals surface area contributed by atoms with Gasteiger partial charge in [-0.05, 0) is 54.6 Å². The highest BCUT2D eigenvalue weighted by Gasteiger charge is 2.09. The summed E-state index contributed by atoms with van der Waals surface area (Å²) in [6, 6.07) is 2.48. The minimum atomic E-state index is -2.37. The molecular weight excluding hydrogens is 268 g/mol. The van der Waals surface area contributed by atoms with E-state index in [2.05, 4.69) is 29.1 Å². The Labute approximate surface area is 118 Å². The number of rotatable bonds is 11. The Morgan fingerprint density at radius 2 is 2.21 bits per heavy atom. The molecule has 2 nitrogen and oxygen atoms in total. The van der Waals surface area contributed by atoms with Gasteiger partial charge < -0.3 is 10.1 Å². The van der Waals surface area contributed by atoms with Crippen molar-refractivity contribution < 1.29 is 13.5 Å². The van der Waals surface area contributed by atoms with E-state index >= 15 is 0 Å². The Morgan fingerprint density at radius 1 is 1.37 bits per heavy atom. The van der Waals surface area contributed by atoms with E-state index in [1.807, 2.05) is 0 Å². The van der Waals surface area contributed by atoms with Crippen LogP contribution in [0.25, 0.3) is 0 Å². The molecule has 0 saturated carbocycles. The molecule has 1 aromatic rings. The maximum absolute atomic E-state index is 12.0. The van der Waals surface area contributed by atoms with Crippen molar-refractivity contribution >= 4 is 11.3 Å². The maximum Gasteiger partial charge on any atom is 0.261 e. The standard InChI is InChI=1S/C14H23F2NOS/c1-2-7-17-13(5-8-18-10-14(15)16)4-3-12-6-9-19-11-12/h6,9,11,13-14,17H,2-5,7-8,10H2,1H3. The van der Waals surface area contributed by atoms with Crippen LogP contribution in [-0.2, 0) is 11.2 Å². The third kappa shape index (κ3) is 8.29. The summed E-state index contributed by atoms with van der Waals surface area (Å²) in [6.45, 7) is 3.03. The molecule has 1 rings (SSSR count). The van der Waals surface area contributed by atoms with Gasteiger partial charge in [-0.15, -0.1) is 0 Å². The largest absolute Gasteiger partial charge is 0.375 e. The van der Waals surface area contributed by atoms with Crippen molar-refractivity contribution in [2.24, 2.45) is 0 Å². The normalized spacial score (nSPS) is 13.1. The van der Waals surface area contributed by atoms with Crippen molar-refractivity contribution in [2.45, 2.75) is 45.1 Å². The van der Waals surface area contributed by atoms with Crippen LogP contribution < -0.4 is 5.32 Å². The molecule has 110 valence electrons. The number of aryl methyl sites for hydroxylation is 1. The van der Waals surface area contributed by atoms with Gasteiger partial charge in [-0.25, -0.2) is 8.78 Å². The molecule has 0 fully saturated rings. The highest BCUT2D eigenvalue weighted by Crippen LogP contribution is 2.11. The Hall–Kier alpha value is -0.520. The molecule has 0 radical (unpaired) electrons. The molecule has 0 aliphatic heterocycles. The van der Waals surface area contributed by atoms with Crippen LogP contribution in [0.4, 0.5) is 8.78 Å². The van der Waals surface area contributed by atoms with Gasteiger partial charge in [0.05, 0.1) is 0 Å². The summed E-state index contributed by atoms with van der Waals surface area (Å²) in [7, 11) is 0. The summed E-state index contributed by atoms with van der Waals surface area (Å²) in [5, 5.41) is 7.69. The molecule has 0 saturated heterocycles. The lowest BCUT2D eigenvalue weighted by molar-refractivity contribution is 0.0142. The van der Waals surface area contributed by atoms with Crippen LogP contribution in [0.1, 0.15) is 31.7 Å². The highest BCUT2D eigenvalue weighted by atomic mass is 32.1. The molecule has 1 heterocycles. The first-order valence-corrected chi connectivity index (χ1v) is 7.77. The van der Waals surface area contributed by atoms with Gasteiger partial charge in [0.2, 0.25) is 0 Å². The lowest BCUT2D eigenvalue weighted by Gasteiger charge is -2.18. The molecule has 1 N–H and O–H groups in total. The highest BCUT2D eigenvalue weighted by molar-refractivity contribution is 7.07. The van der Waals surface area contributed by atoms with Crippen molar-refractivity contribution in [3.63, 3.8) is 0 Å². The fourth-order valence-corrected chi connectivity index (χ4v) is 2.57. The molecule has 0 spiro atoms. The summed E-state index contributed by atoms with van der Waals surface area (Å²) in [5.41, 5.74) is 1.35. The minimum Gasteiger partial charge on any atom is -0.375 e. The number of alkyl halides is 2. The van der Waals surface area contributed by atoms with Crippen molar-refractivity contribution in [3.05, 3.63) is 22.4 Å². The van der Waals surface area contributed by atoms with Crippen molar-refractivity contribution in [1.29, 1.82) is 0 Å². The van der Waals surface area contributed by atoms with E-state index in [1.165, 1.54) is 5.56 Å². The molecule has 5 heteroatoms. The third-order valence-electron chi connectivity index (χ3n) is 2.90. The van der Waals surface area contributed by atoms with Gasteiger partial charge >= 0.3 is 0 Å². The van der Waals surface area contributed by atoms with Gasteiger partial charge in [-0.3, -0.25) is 0 Å². The Kier molecular flexibility index (Phi) is 8.95. The molecule has 0 aromatic carbocycles. The number of nitrogens with one attached hydrogen (secondary N) is 1. The van der Waals surface area contributed by atoms with Crippen molar-refractivity contribution in [1.82, 2.24) is 5.32 Å². The second kappa shape index (κ2) is 10.3. The van der Waals surface area contributed by atoms with Gasteiger partial charge in [0.15, 0.2) is 0 Å². The lowest BCUT2D eigenvalue weighted by Crippen LogP contribution is -2.31. The number of thiophene rings is 1. The van der Waals surface area contributed by atoms with Gasteiger partial charge in [-0.1, -0.05) is 6.92 Å². The molecule has 0 bridgehead atoms. The molecule has 0 aliphatic rings. The summed E-state index contributed by atoms with van der Waals surface area (Å²) in [6.07, 6.45) is 1.55. The Balaban J connectivity index is 2.21. The van der Waals surface area contributed by atoms with Crippen molar-refractivity contribution in [3.8, 4) is 0 Å². The van der Waals surface area contributed by atoms with E-state index in [4.69, 9.17) is 4.74 Å². The first-order valence-electron chi connectivity index (χ1n) is 6.82. The van der Waals surface area contributed by atoms with Gasteiger partial charge in [0, 0.05) is 12.6 Å². The average Bonchev–Trinajstić information content (AvgIpc) is 2.89. The maximum atomic E-state index is 12.0. The molecule has 19 heavy (non-hydrogen) atoms. The fraction of sp³-hybridized carbons (Fsp3) is 0.714. The van der Waals surface area contributed by atoms with E-state index in [-0.39, 0.29) is 0 Å². The zero-order chi connectivity index (χ0) is 13.9. The number of hydrogen-bond acceptors (Lipinski definition) is 3. The number of hydrogen-bond donors (Lipinski definition) is 1. The molecule has 0 amide bonds. The van der Waals surface area contributed by atoms with E-state index in [0.29, 0.717) is 12.6 Å². The van der Waals surface area contributed by atoms with Gasteiger partial charge in [-0.2, -0.15) is 11.3 Å². The van der Waals surface area contributed by atoms with Crippen LogP contribution in [0.3, 0.4) is 0 Å². The monoisotopic (exact) mass is 291 g/mol. The SMILES string of the molecule is CCCNC(CCOCC(F)F)CCc1ccsc1. The summed E-state index contributed by atoms with van der Waals surface area (Å²) < 4.78 is 28.9.